The van der Waals surface area contributed by atoms with Crippen LogP contribution in [0.3, 0.4) is 0 Å². The van der Waals surface area contributed by atoms with Crippen molar-refractivity contribution in [2.45, 2.75) is 13.0 Å². The van der Waals surface area contributed by atoms with E-state index in [1.807, 2.05) is 25.3 Å². The van der Waals surface area contributed by atoms with Gasteiger partial charge in [-0.15, -0.1) is 0 Å². The molecule has 0 bridgehead atoms. The molecule has 1 aromatic heterocycles. The third-order valence-electron chi connectivity index (χ3n) is 4.32. The zero-order valence-corrected chi connectivity index (χ0v) is 12.4. The largest absolute Gasteiger partial charge is 0.379 e. The first-order chi connectivity index (χ1) is 10.7. The first-order valence-corrected chi connectivity index (χ1v) is 7.56. The Kier molecular flexibility index (Phi) is 3.12. The van der Waals surface area contributed by atoms with Gasteiger partial charge < -0.3 is 15.6 Å². The fraction of sp³-hybridized carbons (Fsp3) is 0.222. The third-order valence-corrected chi connectivity index (χ3v) is 4.32. The van der Waals surface area contributed by atoms with Crippen LogP contribution in [0.25, 0.3) is 22.0 Å². The second kappa shape index (κ2) is 5.14. The van der Waals surface area contributed by atoms with Crippen LogP contribution in [-0.2, 0) is 0 Å². The van der Waals surface area contributed by atoms with Crippen LogP contribution in [0.15, 0.2) is 42.6 Å². The van der Waals surface area contributed by atoms with Crippen molar-refractivity contribution in [1.29, 1.82) is 0 Å². The van der Waals surface area contributed by atoms with Crippen molar-refractivity contribution in [3.05, 3.63) is 54.0 Å². The molecule has 4 heteroatoms. The van der Waals surface area contributed by atoms with Crippen LogP contribution in [0.5, 0.6) is 0 Å². The van der Waals surface area contributed by atoms with E-state index in [1.54, 1.807) is 6.07 Å². The van der Waals surface area contributed by atoms with Gasteiger partial charge in [-0.2, -0.15) is 0 Å². The minimum absolute atomic E-state index is 0.179. The Hall–Kier alpha value is -2.33. The number of nitrogens with one attached hydrogen (secondary N) is 3. The molecule has 2 aromatic carbocycles. The maximum atomic E-state index is 14.3. The average molecular weight is 295 g/mol. The van der Waals surface area contributed by atoms with E-state index in [2.05, 4.69) is 27.8 Å². The van der Waals surface area contributed by atoms with Gasteiger partial charge in [0.2, 0.25) is 0 Å². The van der Waals surface area contributed by atoms with E-state index in [1.165, 1.54) is 6.07 Å². The van der Waals surface area contributed by atoms with E-state index in [-0.39, 0.29) is 5.82 Å². The number of H-pyrrole nitrogens is 1. The summed E-state index contributed by atoms with van der Waals surface area (Å²) in [7, 11) is 0. The van der Waals surface area contributed by atoms with Crippen molar-refractivity contribution in [1.82, 2.24) is 10.3 Å². The Morgan fingerprint density at radius 3 is 2.77 bits per heavy atom. The first kappa shape index (κ1) is 13.3. The third kappa shape index (κ3) is 2.16. The highest BCUT2D eigenvalue weighted by atomic mass is 19.1. The molecule has 0 saturated carbocycles. The maximum absolute atomic E-state index is 14.3. The predicted octanol–water partition coefficient (Wildman–Crippen LogP) is 3.67. The molecule has 3 N–H and O–H groups in total. The summed E-state index contributed by atoms with van der Waals surface area (Å²) in [6, 6.07) is 11.8. The van der Waals surface area contributed by atoms with E-state index in [9.17, 15) is 4.39 Å². The summed E-state index contributed by atoms with van der Waals surface area (Å²) >= 11 is 0. The standard InChI is InChI=1S/C18H18FN3/c1-11-3-2-4-15(19)18(11)12-7-16-14(5-6-21-16)17(8-12)22-13-9-20-10-13/h2-8,13,20-22H,9-10H2,1H3. The molecule has 0 atom stereocenters. The molecule has 0 radical (unpaired) electrons. The zero-order chi connectivity index (χ0) is 15.1. The average Bonchev–Trinajstić information content (AvgIpc) is 2.91. The molecule has 3 aromatic rings. The summed E-state index contributed by atoms with van der Waals surface area (Å²) in [4.78, 5) is 3.24. The number of fused-ring (bicyclic) bond motifs is 1. The number of aromatic nitrogens is 1. The van der Waals surface area contributed by atoms with E-state index in [0.717, 1.165) is 40.8 Å². The van der Waals surface area contributed by atoms with Crippen LogP contribution in [-0.4, -0.2) is 24.1 Å². The van der Waals surface area contributed by atoms with Crippen LogP contribution in [0.4, 0.5) is 10.1 Å². The van der Waals surface area contributed by atoms with Gasteiger partial charge in [0.05, 0.1) is 6.04 Å². The Morgan fingerprint density at radius 2 is 2.05 bits per heavy atom. The number of hydrogen-bond donors (Lipinski definition) is 3. The van der Waals surface area contributed by atoms with E-state index < -0.39 is 0 Å². The first-order valence-electron chi connectivity index (χ1n) is 7.56. The van der Waals surface area contributed by atoms with Crippen LogP contribution < -0.4 is 10.6 Å². The normalized spacial score (nSPS) is 15.0. The number of benzene rings is 2. The van der Waals surface area contributed by atoms with Crippen molar-refractivity contribution in [2.24, 2.45) is 0 Å². The minimum Gasteiger partial charge on any atom is -0.379 e. The Bertz CT molecular complexity index is 813. The zero-order valence-electron chi connectivity index (χ0n) is 12.4. The molecule has 0 spiro atoms. The van der Waals surface area contributed by atoms with Gasteiger partial charge in [0, 0.05) is 41.4 Å². The number of aromatic amines is 1. The van der Waals surface area contributed by atoms with Gasteiger partial charge in [-0.05, 0) is 42.3 Å². The number of anilines is 1. The summed E-state index contributed by atoms with van der Waals surface area (Å²) in [5, 5.41) is 7.95. The monoisotopic (exact) mass is 295 g/mol. The van der Waals surface area contributed by atoms with E-state index >= 15 is 0 Å². The van der Waals surface area contributed by atoms with Gasteiger partial charge in [0.1, 0.15) is 5.82 Å². The quantitative estimate of drug-likeness (QED) is 0.690. The van der Waals surface area contributed by atoms with Gasteiger partial charge >= 0.3 is 0 Å². The summed E-state index contributed by atoms with van der Waals surface area (Å²) < 4.78 is 14.3. The van der Waals surface area contributed by atoms with Gasteiger partial charge in [0.25, 0.3) is 0 Å². The summed E-state index contributed by atoms with van der Waals surface area (Å²) in [5.74, 6) is -0.179. The SMILES string of the molecule is Cc1cccc(F)c1-c1cc(NC2CNC2)c2cc[nH]c2c1. The highest BCUT2D eigenvalue weighted by molar-refractivity contribution is 5.96. The maximum Gasteiger partial charge on any atom is 0.131 e. The fourth-order valence-electron chi connectivity index (χ4n) is 3.04. The molecule has 1 fully saturated rings. The summed E-state index contributed by atoms with van der Waals surface area (Å²) in [6.07, 6.45) is 1.92. The van der Waals surface area contributed by atoms with Gasteiger partial charge in [0.15, 0.2) is 0 Å². The Labute approximate surface area is 128 Å². The minimum atomic E-state index is -0.179. The van der Waals surface area contributed by atoms with Crippen LogP contribution in [0.2, 0.25) is 0 Å². The lowest BCUT2D eigenvalue weighted by atomic mass is 9.98. The molecule has 1 aliphatic heterocycles. The van der Waals surface area contributed by atoms with Crippen LogP contribution in [0, 0.1) is 12.7 Å². The molecule has 0 amide bonds. The molecule has 0 aliphatic carbocycles. The molecular weight excluding hydrogens is 277 g/mol. The number of hydrogen-bond acceptors (Lipinski definition) is 2. The lowest BCUT2D eigenvalue weighted by Crippen LogP contribution is -2.51. The van der Waals surface area contributed by atoms with Crippen molar-refractivity contribution in [2.75, 3.05) is 18.4 Å². The highest BCUT2D eigenvalue weighted by Crippen LogP contribution is 2.34. The number of aryl methyl sites for hydroxylation is 1. The van der Waals surface area contributed by atoms with E-state index in [0.29, 0.717) is 11.6 Å². The molecule has 4 rings (SSSR count). The highest BCUT2D eigenvalue weighted by Gasteiger charge is 2.18. The molecule has 1 saturated heterocycles. The summed E-state index contributed by atoms with van der Waals surface area (Å²) in [6.45, 7) is 3.88. The van der Waals surface area contributed by atoms with Gasteiger partial charge in [-0.3, -0.25) is 0 Å². The van der Waals surface area contributed by atoms with E-state index in [4.69, 9.17) is 0 Å². The topological polar surface area (TPSA) is 39.8 Å². The molecular formula is C18H18FN3. The van der Waals surface area contributed by atoms with Crippen molar-refractivity contribution >= 4 is 16.6 Å². The van der Waals surface area contributed by atoms with Gasteiger partial charge in [-0.25, -0.2) is 4.39 Å². The molecule has 1 aliphatic rings. The smallest absolute Gasteiger partial charge is 0.131 e. The summed E-state index contributed by atoms with van der Waals surface area (Å²) in [5.41, 5.74) is 4.61. The Balaban J connectivity index is 1.87. The molecule has 112 valence electrons. The Morgan fingerprint density at radius 1 is 1.18 bits per heavy atom. The second-order valence-corrected chi connectivity index (χ2v) is 5.89. The van der Waals surface area contributed by atoms with Gasteiger partial charge in [-0.1, -0.05) is 12.1 Å². The van der Waals surface area contributed by atoms with Crippen molar-refractivity contribution < 1.29 is 4.39 Å². The van der Waals surface area contributed by atoms with Crippen LogP contribution >= 0.6 is 0 Å². The number of halogens is 1. The predicted molar refractivity (Wildman–Crippen MR) is 88.7 cm³/mol. The lowest BCUT2D eigenvalue weighted by Gasteiger charge is -2.29. The molecule has 2 heterocycles. The number of rotatable bonds is 3. The lowest BCUT2D eigenvalue weighted by molar-refractivity contribution is 0.472. The molecule has 0 unspecified atom stereocenters. The van der Waals surface area contributed by atoms with Crippen molar-refractivity contribution in [3.8, 4) is 11.1 Å². The van der Waals surface area contributed by atoms with Crippen molar-refractivity contribution in [3.63, 3.8) is 0 Å². The fourth-order valence-corrected chi connectivity index (χ4v) is 3.04. The molecule has 3 nitrogen and oxygen atoms in total. The molecule has 22 heavy (non-hydrogen) atoms. The van der Waals surface area contributed by atoms with Crippen LogP contribution in [0.1, 0.15) is 5.56 Å². The second-order valence-electron chi connectivity index (χ2n) is 5.89.